The highest BCUT2D eigenvalue weighted by Crippen LogP contribution is 2.15. The Morgan fingerprint density at radius 2 is 1.79 bits per heavy atom. The van der Waals surface area contributed by atoms with Gasteiger partial charge in [-0.1, -0.05) is 30.3 Å². The molecule has 0 fully saturated rings. The minimum Gasteiger partial charge on any atom is -0.480 e. The highest BCUT2D eigenvalue weighted by Gasteiger charge is 2.33. The van der Waals surface area contributed by atoms with Crippen LogP contribution in [0.25, 0.3) is 0 Å². The van der Waals surface area contributed by atoms with Gasteiger partial charge in [0, 0.05) is 0 Å². The Hall–Kier alpha value is -1.40. The third-order valence-corrected chi connectivity index (χ3v) is 4.89. The van der Waals surface area contributed by atoms with Crippen LogP contribution < -0.4 is 4.72 Å². The molecule has 1 atom stereocenters. The molecule has 0 aromatic heterocycles. The van der Waals surface area contributed by atoms with E-state index in [1.807, 2.05) is 6.07 Å². The van der Waals surface area contributed by atoms with E-state index >= 15 is 0 Å². The van der Waals surface area contributed by atoms with Crippen LogP contribution in [0.15, 0.2) is 30.3 Å². The molecule has 0 bridgehead atoms. The molecule has 19 heavy (non-hydrogen) atoms. The summed E-state index contributed by atoms with van der Waals surface area (Å²) < 4.78 is 25.2. The van der Waals surface area contributed by atoms with Crippen molar-refractivity contribution in [2.45, 2.75) is 38.0 Å². The molecule has 0 saturated heterocycles. The van der Waals surface area contributed by atoms with E-state index in [-0.39, 0.29) is 6.42 Å². The first kappa shape index (κ1) is 15.7. The Labute approximate surface area is 113 Å². The number of carboxylic acids is 1. The minimum absolute atomic E-state index is 0.117. The molecular formula is C13H19NO4S. The van der Waals surface area contributed by atoms with Gasteiger partial charge in [0.1, 0.15) is 6.04 Å². The van der Waals surface area contributed by atoms with E-state index in [0.717, 1.165) is 5.56 Å². The average molecular weight is 285 g/mol. The second kappa shape index (κ2) is 5.71. The molecule has 0 aliphatic heterocycles. The lowest BCUT2D eigenvalue weighted by Crippen LogP contribution is -2.48. The molecule has 1 rings (SSSR count). The minimum atomic E-state index is -3.69. The lowest BCUT2D eigenvalue weighted by molar-refractivity contribution is -0.138. The molecular weight excluding hydrogens is 266 g/mol. The zero-order valence-electron chi connectivity index (χ0n) is 11.3. The average Bonchev–Trinajstić information content (AvgIpc) is 2.27. The SMILES string of the molecule is CC(C)(C)S(=O)(=O)N[C@@H](Cc1ccccc1)C(=O)O. The van der Waals surface area contributed by atoms with Gasteiger partial charge in [-0.15, -0.1) is 0 Å². The highest BCUT2D eigenvalue weighted by molar-refractivity contribution is 7.90. The van der Waals surface area contributed by atoms with Crippen LogP contribution in [0, 0.1) is 0 Å². The van der Waals surface area contributed by atoms with Gasteiger partial charge >= 0.3 is 5.97 Å². The zero-order valence-corrected chi connectivity index (χ0v) is 12.1. The molecule has 1 aromatic carbocycles. The Balaban J connectivity index is 2.90. The Kier molecular flexibility index (Phi) is 4.70. The van der Waals surface area contributed by atoms with Crippen molar-refractivity contribution < 1.29 is 18.3 Å². The summed E-state index contributed by atoms with van der Waals surface area (Å²) >= 11 is 0. The maximum atomic E-state index is 12.0. The van der Waals surface area contributed by atoms with E-state index in [1.165, 1.54) is 20.8 Å². The number of benzene rings is 1. The Morgan fingerprint density at radius 3 is 2.21 bits per heavy atom. The number of nitrogens with one attached hydrogen (secondary N) is 1. The van der Waals surface area contributed by atoms with E-state index < -0.39 is 26.8 Å². The van der Waals surface area contributed by atoms with Gasteiger partial charge in [-0.2, -0.15) is 0 Å². The number of aliphatic carboxylic acids is 1. The number of rotatable bonds is 5. The van der Waals surface area contributed by atoms with Crippen LogP contribution in [-0.2, 0) is 21.2 Å². The first-order valence-corrected chi connectivity index (χ1v) is 7.40. The number of carboxylic acid groups (broad SMARTS) is 1. The smallest absolute Gasteiger partial charge is 0.322 e. The van der Waals surface area contributed by atoms with E-state index in [0.29, 0.717) is 0 Å². The largest absolute Gasteiger partial charge is 0.480 e. The van der Waals surface area contributed by atoms with Crippen LogP contribution in [0.2, 0.25) is 0 Å². The van der Waals surface area contributed by atoms with Crippen LogP contribution in [0.3, 0.4) is 0 Å². The van der Waals surface area contributed by atoms with Crippen molar-refractivity contribution >= 4 is 16.0 Å². The summed E-state index contributed by atoms with van der Waals surface area (Å²) in [5.41, 5.74) is 0.770. The van der Waals surface area contributed by atoms with E-state index in [9.17, 15) is 13.2 Å². The predicted molar refractivity (Wildman–Crippen MR) is 73.4 cm³/mol. The fourth-order valence-electron chi connectivity index (χ4n) is 1.39. The lowest BCUT2D eigenvalue weighted by Gasteiger charge is -2.23. The third kappa shape index (κ3) is 4.33. The first-order chi connectivity index (χ1) is 8.63. The summed E-state index contributed by atoms with van der Waals surface area (Å²) in [5, 5.41) is 9.14. The number of hydrogen-bond donors (Lipinski definition) is 2. The van der Waals surface area contributed by atoms with Gasteiger partial charge in [0.15, 0.2) is 0 Å². The van der Waals surface area contributed by atoms with Crippen LogP contribution in [0.4, 0.5) is 0 Å². The second-order valence-electron chi connectivity index (χ2n) is 5.31. The topological polar surface area (TPSA) is 83.5 Å². The predicted octanol–water partition coefficient (Wildman–Crippen LogP) is 1.40. The molecule has 0 heterocycles. The lowest BCUT2D eigenvalue weighted by atomic mass is 10.1. The van der Waals surface area contributed by atoms with Crippen molar-refractivity contribution in [3.8, 4) is 0 Å². The molecule has 0 aliphatic rings. The number of carbonyl (C=O) groups is 1. The maximum absolute atomic E-state index is 12.0. The molecule has 0 aliphatic carbocycles. The van der Waals surface area contributed by atoms with Gasteiger partial charge in [-0.3, -0.25) is 4.79 Å². The normalized spacial score (nSPS) is 14.1. The summed E-state index contributed by atoms with van der Waals surface area (Å²) in [4.78, 5) is 11.2. The molecule has 5 nitrogen and oxygen atoms in total. The Morgan fingerprint density at radius 1 is 1.26 bits per heavy atom. The summed E-state index contributed by atoms with van der Waals surface area (Å²) in [6.45, 7) is 4.57. The van der Waals surface area contributed by atoms with Gasteiger partial charge in [0.05, 0.1) is 4.75 Å². The molecule has 106 valence electrons. The zero-order chi connectivity index (χ0) is 14.7. The van der Waals surface area contributed by atoms with Gasteiger partial charge < -0.3 is 5.11 Å². The van der Waals surface area contributed by atoms with Crippen LogP contribution in [0.5, 0.6) is 0 Å². The molecule has 6 heteroatoms. The molecule has 0 spiro atoms. The summed E-state index contributed by atoms with van der Waals surface area (Å²) in [6.07, 6.45) is 0.117. The molecule has 2 N–H and O–H groups in total. The summed E-state index contributed by atoms with van der Waals surface area (Å²) in [7, 11) is -3.69. The second-order valence-corrected chi connectivity index (χ2v) is 7.78. The standard InChI is InChI=1S/C13H19NO4S/c1-13(2,3)19(17,18)14-11(12(15)16)9-10-7-5-4-6-8-10/h4-8,11,14H,9H2,1-3H3,(H,15,16)/t11-/m0/s1. The van der Waals surface area contributed by atoms with Crippen LogP contribution >= 0.6 is 0 Å². The van der Waals surface area contributed by atoms with Crippen LogP contribution in [-0.4, -0.2) is 30.3 Å². The van der Waals surface area contributed by atoms with Crippen molar-refractivity contribution in [3.05, 3.63) is 35.9 Å². The van der Waals surface area contributed by atoms with Gasteiger partial charge in [-0.05, 0) is 32.8 Å². The number of sulfonamides is 1. The van der Waals surface area contributed by atoms with E-state index in [4.69, 9.17) is 5.11 Å². The maximum Gasteiger partial charge on any atom is 0.322 e. The van der Waals surface area contributed by atoms with Crippen LogP contribution in [0.1, 0.15) is 26.3 Å². The fraction of sp³-hybridized carbons (Fsp3) is 0.462. The fourth-order valence-corrected chi connectivity index (χ4v) is 2.31. The quantitative estimate of drug-likeness (QED) is 0.856. The van der Waals surface area contributed by atoms with Crippen molar-refractivity contribution in [2.75, 3.05) is 0 Å². The number of hydrogen-bond acceptors (Lipinski definition) is 3. The van der Waals surface area contributed by atoms with Crippen molar-refractivity contribution in [1.82, 2.24) is 4.72 Å². The van der Waals surface area contributed by atoms with Crippen molar-refractivity contribution in [3.63, 3.8) is 0 Å². The van der Waals surface area contributed by atoms with E-state index in [2.05, 4.69) is 4.72 Å². The molecule has 0 radical (unpaired) electrons. The summed E-state index contributed by atoms with van der Waals surface area (Å²) in [5.74, 6) is -1.18. The van der Waals surface area contributed by atoms with Crippen molar-refractivity contribution in [2.24, 2.45) is 0 Å². The molecule has 1 aromatic rings. The summed E-state index contributed by atoms with van der Waals surface area (Å²) in [6, 6.07) is 7.76. The first-order valence-electron chi connectivity index (χ1n) is 5.92. The molecule has 0 amide bonds. The van der Waals surface area contributed by atoms with E-state index in [1.54, 1.807) is 24.3 Å². The van der Waals surface area contributed by atoms with Gasteiger partial charge in [-0.25, -0.2) is 13.1 Å². The Bertz CT molecular complexity index is 532. The van der Waals surface area contributed by atoms with Crippen molar-refractivity contribution in [1.29, 1.82) is 0 Å². The third-order valence-electron chi connectivity index (χ3n) is 2.68. The van der Waals surface area contributed by atoms with Gasteiger partial charge in [0.2, 0.25) is 10.0 Å². The monoisotopic (exact) mass is 285 g/mol. The molecule has 0 unspecified atom stereocenters. The van der Waals surface area contributed by atoms with Gasteiger partial charge in [0.25, 0.3) is 0 Å². The highest BCUT2D eigenvalue weighted by atomic mass is 32.2. The molecule has 0 saturated carbocycles.